The summed E-state index contributed by atoms with van der Waals surface area (Å²) in [4.78, 5) is 12.4. The van der Waals surface area contributed by atoms with E-state index in [1.54, 1.807) is 0 Å². The maximum atomic E-state index is 12.4. The molecule has 0 aromatic rings. The fraction of sp³-hybridized carbons (Fsp3) is 0.978. The first-order valence-corrected chi connectivity index (χ1v) is 23.3. The quantitative estimate of drug-likeness (QED) is 0.0472. The summed E-state index contributed by atoms with van der Waals surface area (Å²) in [6, 6.07) is -0.652. The third-order valence-corrected chi connectivity index (χ3v) is 11.2. The molecule has 0 aliphatic carbocycles. The number of unbranched alkanes of at least 4 members (excludes halogenated alkanes) is 34. The topological polar surface area (TPSA) is 89.8 Å². The molecule has 1 amide bonds. The highest BCUT2D eigenvalue weighted by atomic mass is 16.3. The fourth-order valence-corrected chi connectivity index (χ4v) is 7.58. The molecule has 0 aliphatic rings. The molecular weight excluding hydrogens is 631 g/mol. The molecule has 0 bridgehead atoms. The lowest BCUT2D eigenvalue weighted by Gasteiger charge is -2.23. The van der Waals surface area contributed by atoms with Gasteiger partial charge in [0.15, 0.2) is 0 Å². The van der Waals surface area contributed by atoms with E-state index < -0.39 is 18.2 Å². The van der Waals surface area contributed by atoms with Crippen LogP contribution in [0, 0.1) is 0 Å². The highest BCUT2D eigenvalue weighted by Gasteiger charge is 2.21. The Hall–Kier alpha value is -0.650. The van der Waals surface area contributed by atoms with Gasteiger partial charge < -0.3 is 20.6 Å². The highest BCUT2D eigenvalue weighted by Crippen LogP contribution is 2.17. The number of carbonyl (C=O) groups excluding carboxylic acids is 1. The van der Waals surface area contributed by atoms with Crippen LogP contribution in [0.1, 0.15) is 264 Å². The molecule has 5 nitrogen and oxygen atoms in total. The molecule has 5 heteroatoms. The van der Waals surface area contributed by atoms with Crippen molar-refractivity contribution in [2.45, 2.75) is 283 Å². The summed E-state index contributed by atoms with van der Waals surface area (Å²) in [5.74, 6) is -0.279. The summed E-state index contributed by atoms with van der Waals surface area (Å²) in [7, 11) is 0. The Labute approximate surface area is 319 Å². The van der Waals surface area contributed by atoms with E-state index in [2.05, 4.69) is 19.2 Å². The van der Waals surface area contributed by atoms with Crippen LogP contribution in [0.25, 0.3) is 0 Å². The smallest absolute Gasteiger partial charge is 0.222 e. The summed E-state index contributed by atoms with van der Waals surface area (Å²) < 4.78 is 0. The van der Waals surface area contributed by atoms with Gasteiger partial charge in [0.25, 0.3) is 0 Å². The van der Waals surface area contributed by atoms with Gasteiger partial charge in [-0.15, -0.1) is 0 Å². The lowest BCUT2D eigenvalue weighted by atomic mass is 10.0. The summed E-state index contributed by atoms with van der Waals surface area (Å²) in [5, 5.41) is 33.4. The van der Waals surface area contributed by atoms with Crippen LogP contribution in [0.4, 0.5) is 0 Å². The van der Waals surface area contributed by atoms with Crippen molar-refractivity contribution in [1.82, 2.24) is 5.32 Å². The number of hydrogen-bond acceptors (Lipinski definition) is 4. The van der Waals surface area contributed by atoms with Crippen LogP contribution in [-0.4, -0.2) is 46.1 Å². The van der Waals surface area contributed by atoms with E-state index in [4.69, 9.17) is 0 Å². The Morgan fingerprint density at radius 2 is 0.667 bits per heavy atom. The van der Waals surface area contributed by atoms with Gasteiger partial charge >= 0.3 is 0 Å². The van der Waals surface area contributed by atoms with Crippen molar-refractivity contribution in [3.05, 3.63) is 0 Å². The van der Waals surface area contributed by atoms with Gasteiger partial charge in [0.2, 0.25) is 5.91 Å². The highest BCUT2D eigenvalue weighted by molar-refractivity contribution is 5.76. The molecule has 0 aliphatic heterocycles. The molecule has 0 rings (SSSR count). The molecule has 0 aromatic heterocycles. The molecule has 0 fully saturated rings. The normalized spacial score (nSPS) is 13.4. The first kappa shape index (κ1) is 50.4. The number of nitrogens with one attached hydrogen (secondary N) is 1. The van der Waals surface area contributed by atoms with Crippen LogP contribution in [0.2, 0.25) is 0 Å². The SMILES string of the molecule is CCCCCCCCCCCCCCCCCCCCCCCCCCC(O)C(CO)NC(=O)CC(O)CCCCCCCCCCCCCC. The minimum absolute atomic E-state index is 0.0424. The number of rotatable bonds is 43. The van der Waals surface area contributed by atoms with Gasteiger partial charge in [0, 0.05) is 0 Å². The monoisotopic (exact) mass is 724 g/mol. The number of aliphatic hydroxyl groups excluding tert-OH is 3. The van der Waals surface area contributed by atoms with Crippen LogP contribution >= 0.6 is 0 Å². The second-order valence-electron chi connectivity index (χ2n) is 16.4. The van der Waals surface area contributed by atoms with E-state index in [0.717, 1.165) is 25.7 Å². The number of hydrogen-bond donors (Lipinski definition) is 4. The van der Waals surface area contributed by atoms with E-state index >= 15 is 0 Å². The molecule has 0 radical (unpaired) electrons. The molecule has 0 saturated carbocycles. The maximum Gasteiger partial charge on any atom is 0.222 e. The molecule has 3 atom stereocenters. The van der Waals surface area contributed by atoms with Crippen molar-refractivity contribution in [3.8, 4) is 0 Å². The van der Waals surface area contributed by atoms with Gasteiger partial charge in [0.05, 0.1) is 31.3 Å². The first-order valence-electron chi connectivity index (χ1n) is 23.3. The van der Waals surface area contributed by atoms with Gasteiger partial charge in [-0.1, -0.05) is 245 Å². The largest absolute Gasteiger partial charge is 0.394 e. The van der Waals surface area contributed by atoms with Gasteiger partial charge in [-0.25, -0.2) is 0 Å². The predicted molar refractivity (Wildman–Crippen MR) is 222 cm³/mol. The average Bonchev–Trinajstić information content (AvgIpc) is 3.12. The molecule has 4 N–H and O–H groups in total. The lowest BCUT2D eigenvalue weighted by molar-refractivity contribution is -0.125. The summed E-state index contributed by atoms with van der Waals surface area (Å²) in [5.41, 5.74) is 0. The maximum absolute atomic E-state index is 12.4. The van der Waals surface area contributed by atoms with E-state index in [1.165, 1.54) is 205 Å². The summed E-state index contributed by atoms with van der Waals surface area (Å²) in [6.07, 6.45) is 48.0. The number of aliphatic hydroxyl groups is 3. The van der Waals surface area contributed by atoms with Crippen LogP contribution in [0.5, 0.6) is 0 Å². The van der Waals surface area contributed by atoms with Crippen LogP contribution in [0.15, 0.2) is 0 Å². The molecule has 3 unspecified atom stereocenters. The lowest BCUT2D eigenvalue weighted by Crippen LogP contribution is -2.46. The first-order chi connectivity index (χ1) is 25.0. The van der Waals surface area contributed by atoms with Gasteiger partial charge in [-0.3, -0.25) is 4.79 Å². The van der Waals surface area contributed by atoms with E-state index in [-0.39, 0.29) is 18.9 Å². The summed E-state index contributed by atoms with van der Waals surface area (Å²) in [6.45, 7) is 4.28. The van der Waals surface area contributed by atoms with E-state index in [9.17, 15) is 20.1 Å². The van der Waals surface area contributed by atoms with E-state index in [0.29, 0.717) is 12.8 Å². The minimum atomic E-state index is -0.743. The standard InChI is InChI=1S/C46H93NO4/c1-3-5-7-9-11-13-15-17-18-19-20-21-22-23-24-25-26-27-28-30-32-34-36-38-40-45(50)44(42-48)47-46(51)41-43(49)39-37-35-33-31-29-16-14-12-10-8-6-4-2/h43-45,48-50H,3-42H2,1-2H3,(H,47,51). The van der Waals surface area contributed by atoms with Crippen molar-refractivity contribution in [3.63, 3.8) is 0 Å². The zero-order valence-corrected chi connectivity index (χ0v) is 34.8. The number of carbonyl (C=O) groups is 1. The van der Waals surface area contributed by atoms with Gasteiger partial charge in [-0.05, 0) is 12.8 Å². The zero-order valence-electron chi connectivity index (χ0n) is 34.8. The molecule has 51 heavy (non-hydrogen) atoms. The van der Waals surface area contributed by atoms with Crippen LogP contribution in [0.3, 0.4) is 0 Å². The number of amides is 1. The molecule has 0 heterocycles. The zero-order chi connectivity index (χ0) is 37.3. The Bertz CT molecular complexity index is 674. The fourth-order valence-electron chi connectivity index (χ4n) is 7.58. The van der Waals surface area contributed by atoms with Crippen molar-refractivity contribution in [1.29, 1.82) is 0 Å². The third-order valence-electron chi connectivity index (χ3n) is 11.2. The minimum Gasteiger partial charge on any atom is -0.394 e. The van der Waals surface area contributed by atoms with Gasteiger partial charge in [-0.2, -0.15) is 0 Å². The van der Waals surface area contributed by atoms with Crippen molar-refractivity contribution in [2.24, 2.45) is 0 Å². The predicted octanol–water partition coefficient (Wildman–Crippen LogP) is 13.4. The molecule has 306 valence electrons. The Balaban J connectivity index is 3.52. The van der Waals surface area contributed by atoms with Crippen molar-refractivity contribution < 1.29 is 20.1 Å². The van der Waals surface area contributed by atoms with Crippen LogP contribution in [-0.2, 0) is 4.79 Å². The average molecular weight is 724 g/mol. The Morgan fingerprint density at radius 3 is 0.941 bits per heavy atom. The molecule has 0 spiro atoms. The third kappa shape index (κ3) is 38.9. The molecular formula is C46H93NO4. The molecule has 0 aromatic carbocycles. The summed E-state index contributed by atoms with van der Waals surface area (Å²) >= 11 is 0. The van der Waals surface area contributed by atoms with Crippen LogP contribution < -0.4 is 5.32 Å². The second kappa shape index (κ2) is 42.1. The van der Waals surface area contributed by atoms with Gasteiger partial charge in [0.1, 0.15) is 0 Å². The Kier molecular flexibility index (Phi) is 41.6. The van der Waals surface area contributed by atoms with Crippen molar-refractivity contribution in [2.75, 3.05) is 6.61 Å². The second-order valence-corrected chi connectivity index (χ2v) is 16.4. The Morgan fingerprint density at radius 1 is 0.412 bits per heavy atom. The van der Waals surface area contributed by atoms with E-state index in [1.807, 2.05) is 0 Å². The molecule has 0 saturated heterocycles. The van der Waals surface area contributed by atoms with Crippen molar-refractivity contribution >= 4 is 5.91 Å².